The molecule has 544 valence electrons. The minimum Gasteiger partial charge on any atom is -0.394 e. The monoisotopic (exact) mass is 1330 g/mol. The van der Waals surface area contributed by atoms with Gasteiger partial charge in [-0.15, -0.1) is 0 Å². The summed E-state index contributed by atoms with van der Waals surface area (Å²) in [5.41, 5.74) is 0. The first kappa shape index (κ1) is 87.2. The van der Waals surface area contributed by atoms with Gasteiger partial charge in [0.2, 0.25) is 5.91 Å². The Morgan fingerprint density at radius 2 is 0.726 bits per heavy atom. The topological polar surface area (TPSA) is 228 Å². The highest BCUT2D eigenvalue weighted by Gasteiger charge is 2.51. The van der Waals surface area contributed by atoms with Gasteiger partial charge in [-0.2, -0.15) is 0 Å². The zero-order valence-electron chi connectivity index (χ0n) is 59.4. The predicted octanol–water partition coefficient (Wildman–Crippen LogP) is 16.6. The van der Waals surface area contributed by atoms with E-state index in [4.69, 9.17) is 18.9 Å². The largest absolute Gasteiger partial charge is 0.394 e. The fraction of sp³-hybridized carbons (Fsp3) is 0.716. The Morgan fingerprint density at radius 1 is 0.389 bits per heavy atom. The second-order valence-electron chi connectivity index (χ2n) is 26.0. The van der Waals surface area contributed by atoms with Crippen molar-refractivity contribution in [3.05, 3.63) is 134 Å². The lowest BCUT2D eigenvalue weighted by Gasteiger charge is -2.46. The van der Waals surface area contributed by atoms with Crippen LogP contribution in [0, 0.1) is 0 Å². The average molecular weight is 1330 g/mol. The highest BCUT2D eigenvalue weighted by Crippen LogP contribution is 2.30. The zero-order valence-corrected chi connectivity index (χ0v) is 59.4. The van der Waals surface area contributed by atoms with Crippen LogP contribution in [-0.2, 0) is 23.7 Å². The van der Waals surface area contributed by atoms with Crippen LogP contribution < -0.4 is 5.32 Å². The van der Waals surface area contributed by atoms with E-state index in [1.54, 1.807) is 0 Å². The van der Waals surface area contributed by atoms with Crippen molar-refractivity contribution in [3.63, 3.8) is 0 Å². The zero-order chi connectivity index (χ0) is 68.7. The molecule has 2 saturated heterocycles. The van der Waals surface area contributed by atoms with Crippen molar-refractivity contribution in [3.8, 4) is 0 Å². The summed E-state index contributed by atoms with van der Waals surface area (Å²) in [4.78, 5) is 13.4. The van der Waals surface area contributed by atoms with Crippen LogP contribution in [0.1, 0.15) is 277 Å². The van der Waals surface area contributed by atoms with Crippen molar-refractivity contribution in [2.45, 2.75) is 351 Å². The molecule has 0 bridgehead atoms. The van der Waals surface area contributed by atoms with E-state index in [2.05, 4.69) is 153 Å². The number of aliphatic hydroxyl groups is 8. The molecular formula is C81H137NO13. The second-order valence-corrected chi connectivity index (χ2v) is 26.0. The number of carbonyl (C=O) groups is 1. The smallest absolute Gasteiger partial charge is 0.220 e. The van der Waals surface area contributed by atoms with Crippen molar-refractivity contribution >= 4 is 5.91 Å². The first-order valence-electron chi connectivity index (χ1n) is 37.9. The summed E-state index contributed by atoms with van der Waals surface area (Å²) in [6.07, 6.45) is 77.5. The van der Waals surface area contributed by atoms with Crippen LogP contribution in [-0.4, -0.2) is 140 Å². The molecule has 14 heteroatoms. The fourth-order valence-corrected chi connectivity index (χ4v) is 11.7. The lowest BCUT2D eigenvalue weighted by atomic mass is 9.97. The van der Waals surface area contributed by atoms with E-state index in [0.29, 0.717) is 12.8 Å². The third kappa shape index (κ3) is 46.9. The minimum absolute atomic E-state index is 0.241. The Hall–Kier alpha value is -3.87. The summed E-state index contributed by atoms with van der Waals surface area (Å²) in [5, 5.41) is 87.7. The molecule has 12 atom stereocenters. The lowest BCUT2D eigenvalue weighted by Crippen LogP contribution is -2.65. The molecule has 0 aliphatic carbocycles. The first-order chi connectivity index (χ1) is 46.6. The summed E-state index contributed by atoms with van der Waals surface area (Å²) in [6, 6.07) is -0.859. The van der Waals surface area contributed by atoms with Crippen LogP contribution in [0.15, 0.2) is 134 Å². The fourth-order valence-electron chi connectivity index (χ4n) is 11.7. The molecule has 0 radical (unpaired) electrons. The molecule has 14 nitrogen and oxygen atoms in total. The van der Waals surface area contributed by atoms with Crippen molar-refractivity contribution in [2.75, 3.05) is 19.8 Å². The van der Waals surface area contributed by atoms with Crippen LogP contribution in [0.25, 0.3) is 0 Å². The molecule has 2 aliphatic rings. The molecule has 9 N–H and O–H groups in total. The van der Waals surface area contributed by atoms with Gasteiger partial charge in [0, 0.05) is 6.42 Å². The number of ether oxygens (including phenoxy) is 4. The normalized spacial score (nSPS) is 23.1. The first-order valence-corrected chi connectivity index (χ1v) is 37.9. The van der Waals surface area contributed by atoms with E-state index >= 15 is 0 Å². The van der Waals surface area contributed by atoms with Crippen LogP contribution in [0.5, 0.6) is 0 Å². The third-order valence-electron chi connectivity index (χ3n) is 17.6. The summed E-state index contributed by atoms with van der Waals surface area (Å²) in [5.74, 6) is -0.241. The second kappa shape index (κ2) is 63.6. The minimum atomic E-state index is -1.79. The third-order valence-corrected chi connectivity index (χ3v) is 17.6. The Labute approximate surface area is 577 Å². The molecule has 1 amide bonds. The van der Waals surface area contributed by atoms with Crippen molar-refractivity contribution < 1.29 is 64.6 Å². The van der Waals surface area contributed by atoms with Crippen molar-refractivity contribution in [2.24, 2.45) is 0 Å². The number of hydrogen-bond acceptors (Lipinski definition) is 13. The van der Waals surface area contributed by atoms with Gasteiger partial charge in [-0.1, -0.05) is 308 Å². The molecule has 2 fully saturated rings. The quantitative estimate of drug-likeness (QED) is 0.0204. The molecule has 2 aliphatic heterocycles. The van der Waals surface area contributed by atoms with Crippen LogP contribution >= 0.6 is 0 Å². The SMILES string of the molecule is CC/C=C\C/C=C\C/C=C\C/C=C\C/C=C\C/C=C\C/C=C\C/C=C\C/C=C\C/C=C\C/C=C\CCCCCC(=O)NC(COC1OC(CO)C(OC2OC(CO)C(O)C(O)C2O)C(O)C1O)C(O)CCCCCCCCCCCCCCCCCCCCCCCCCC. The number of amides is 1. The summed E-state index contributed by atoms with van der Waals surface area (Å²) in [7, 11) is 0. The molecule has 2 heterocycles. The van der Waals surface area contributed by atoms with Crippen molar-refractivity contribution in [1.82, 2.24) is 5.32 Å². The Morgan fingerprint density at radius 3 is 1.11 bits per heavy atom. The van der Waals surface area contributed by atoms with Gasteiger partial charge in [0.15, 0.2) is 12.6 Å². The number of carbonyl (C=O) groups excluding carboxylic acids is 1. The van der Waals surface area contributed by atoms with E-state index in [1.807, 2.05) is 0 Å². The number of nitrogens with one attached hydrogen (secondary N) is 1. The lowest BCUT2D eigenvalue weighted by molar-refractivity contribution is -0.359. The molecule has 12 unspecified atom stereocenters. The molecule has 0 aromatic carbocycles. The Kier molecular flexibility index (Phi) is 58.4. The van der Waals surface area contributed by atoms with E-state index in [0.717, 1.165) is 116 Å². The molecule has 2 rings (SSSR count). The number of unbranched alkanes of at least 4 members (excludes halogenated alkanes) is 26. The molecule has 0 aromatic rings. The Balaban J connectivity index is 1.67. The summed E-state index contributed by atoms with van der Waals surface area (Å²) in [6.45, 7) is 2.75. The molecule has 0 saturated carbocycles. The molecule has 0 aromatic heterocycles. The van der Waals surface area contributed by atoms with Crippen LogP contribution in [0.2, 0.25) is 0 Å². The standard InChI is InChI=1S/C81H137NO13/c1-3-5-7-9-11-13-15-17-19-21-23-25-27-29-30-31-32-33-34-35-36-37-38-39-40-41-43-45-47-49-51-53-55-57-59-61-63-65-73(86)82-69(68-92-80-78(91)76(89)79(72(67-84)94-80)95-81-77(90)75(88)74(87)71(66-83)93-81)70(85)64-62-60-58-56-54-52-50-48-46-44-42-28-26-24-22-20-18-16-14-12-10-8-6-4-2/h5,7,11,13,17,19,23,25,29-30,32-33,35-36,38-39,41,43,47,49,53,55,69-72,74-81,83-85,87-91H,3-4,6,8-10,12,14-16,18,20-22,24,26-28,31,34,37,40,42,44-46,48,50-52,54,56-68H2,1-2H3,(H,82,86)/b7-5-,13-11-,19-17-,25-23-,30-29-,33-32-,36-35-,39-38-,43-41-,49-47-,55-53-. The highest BCUT2D eigenvalue weighted by molar-refractivity contribution is 5.76. The van der Waals surface area contributed by atoms with Crippen molar-refractivity contribution in [1.29, 1.82) is 0 Å². The van der Waals surface area contributed by atoms with Gasteiger partial charge in [0.25, 0.3) is 0 Å². The molecule has 0 spiro atoms. The maximum Gasteiger partial charge on any atom is 0.220 e. The van der Waals surface area contributed by atoms with E-state index < -0.39 is 86.8 Å². The number of aliphatic hydroxyl groups excluding tert-OH is 8. The van der Waals surface area contributed by atoms with E-state index in [9.17, 15) is 45.6 Å². The number of hydrogen-bond donors (Lipinski definition) is 9. The highest BCUT2D eigenvalue weighted by atomic mass is 16.7. The summed E-state index contributed by atoms with van der Waals surface area (Å²) < 4.78 is 22.9. The number of allylic oxidation sites excluding steroid dienone is 22. The average Bonchev–Trinajstić information content (AvgIpc) is 0.927. The maximum absolute atomic E-state index is 13.4. The maximum atomic E-state index is 13.4. The van der Waals surface area contributed by atoms with Crippen LogP contribution in [0.4, 0.5) is 0 Å². The number of rotatable bonds is 61. The van der Waals surface area contributed by atoms with Crippen LogP contribution in [0.3, 0.4) is 0 Å². The molecule has 95 heavy (non-hydrogen) atoms. The van der Waals surface area contributed by atoms with Gasteiger partial charge < -0.3 is 65.1 Å². The molecular weight excluding hydrogens is 1190 g/mol. The van der Waals surface area contributed by atoms with E-state index in [-0.39, 0.29) is 18.9 Å². The summed E-state index contributed by atoms with van der Waals surface area (Å²) >= 11 is 0. The van der Waals surface area contributed by atoms with Gasteiger partial charge >= 0.3 is 0 Å². The predicted molar refractivity (Wildman–Crippen MR) is 391 cm³/mol. The van der Waals surface area contributed by atoms with Gasteiger partial charge in [0.1, 0.15) is 48.8 Å². The van der Waals surface area contributed by atoms with Gasteiger partial charge in [-0.05, 0) is 96.3 Å². The van der Waals surface area contributed by atoms with Gasteiger partial charge in [-0.3, -0.25) is 4.79 Å². The van der Waals surface area contributed by atoms with E-state index in [1.165, 1.54) is 128 Å². The Bertz CT molecular complexity index is 2110. The van der Waals surface area contributed by atoms with Gasteiger partial charge in [0.05, 0.1) is 32.0 Å². The van der Waals surface area contributed by atoms with Gasteiger partial charge in [-0.25, -0.2) is 0 Å².